The van der Waals surface area contributed by atoms with Crippen molar-refractivity contribution < 1.29 is 9.47 Å². The Labute approximate surface area is 119 Å². The molecule has 0 saturated carbocycles. The Kier molecular flexibility index (Phi) is 5.31. The summed E-state index contributed by atoms with van der Waals surface area (Å²) in [7, 11) is 1.87. The van der Waals surface area contributed by atoms with E-state index in [0.717, 1.165) is 54.9 Å². The van der Waals surface area contributed by atoms with Crippen LogP contribution >= 0.6 is 11.6 Å². The molecule has 106 valence electrons. The van der Waals surface area contributed by atoms with Gasteiger partial charge < -0.3 is 14.8 Å². The summed E-state index contributed by atoms with van der Waals surface area (Å²) in [5.41, 5.74) is 1.96. The van der Waals surface area contributed by atoms with Crippen molar-refractivity contribution in [1.29, 1.82) is 0 Å². The second-order valence-electron chi connectivity index (χ2n) is 4.63. The van der Waals surface area contributed by atoms with Crippen LogP contribution in [0.4, 0.5) is 5.69 Å². The number of morpholine rings is 1. The van der Waals surface area contributed by atoms with E-state index < -0.39 is 0 Å². The Hall–Kier alpha value is -0.970. The molecule has 4 nitrogen and oxygen atoms in total. The minimum atomic E-state index is 0.671. The average Bonchev–Trinajstić information content (AvgIpc) is 2.44. The number of rotatable bonds is 5. The van der Waals surface area contributed by atoms with Gasteiger partial charge in [-0.2, -0.15) is 0 Å². The minimum absolute atomic E-state index is 0.671. The summed E-state index contributed by atoms with van der Waals surface area (Å²) in [6.07, 6.45) is 0. The van der Waals surface area contributed by atoms with Gasteiger partial charge in [0.15, 0.2) is 0 Å². The van der Waals surface area contributed by atoms with E-state index in [-0.39, 0.29) is 0 Å². The molecule has 1 saturated heterocycles. The molecule has 0 bridgehead atoms. The number of anilines is 1. The smallest absolute Gasteiger partial charge is 0.125 e. The molecule has 1 N–H and O–H groups in total. The monoisotopic (exact) mass is 284 g/mol. The van der Waals surface area contributed by atoms with Crippen molar-refractivity contribution in [3.8, 4) is 5.75 Å². The topological polar surface area (TPSA) is 33.7 Å². The van der Waals surface area contributed by atoms with Gasteiger partial charge in [-0.3, -0.25) is 4.90 Å². The highest BCUT2D eigenvalue weighted by Crippen LogP contribution is 2.30. The first-order valence-corrected chi connectivity index (χ1v) is 6.99. The normalized spacial score (nSPS) is 16.4. The summed E-state index contributed by atoms with van der Waals surface area (Å²) >= 11 is 6.18. The van der Waals surface area contributed by atoms with Crippen LogP contribution in [0.2, 0.25) is 5.02 Å². The van der Waals surface area contributed by atoms with Crippen LogP contribution in [0.1, 0.15) is 5.56 Å². The third-order valence-corrected chi connectivity index (χ3v) is 3.75. The molecule has 0 unspecified atom stereocenters. The molecule has 19 heavy (non-hydrogen) atoms. The zero-order valence-electron chi connectivity index (χ0n) is 11.5. The van der Waals surface area contributed by atoms with Crippen molar-refractivity contribution in [2.45, 2.75) is 6.92 Å². The van der Waals surface area contributed by atoms with E-state index in [1.54, 1.807) is 0 Å². The van der Waals surface area contributed by atoms with Crippen molar-refractivity contribution in [3.05, 3.63) is 22.7 Å². The molecule has 2 rings (SSSR count). The van der Waals surface area contributed by atoms with Gasteiger partial charge in [0.1, 0.15) is 12.4 Å². The van der Waals surface area contributed by atoms with Crippen LogP contribution in [0.15, 0.2) is 12.1 Å². The standard InChI is InChI=1S/C14H21ClN2O2/c1-11-13(15)9-12(16-2)10-14(11)19-8-5-17-3-6-18-7-4-17/h9-10,16H,3-8H2,1-2H3. The first-order valence-electron chi connectivity index (χ1n) is 6.61. The fourth-order valence-corrected chi connectivity index (χ4v) is 2.27. The van der Waals surface area contributed by atoms with Gasteiger partial charge in [0.05, 0.1) is 13.2 Å². The number of hydrogen-bond donors (Lipinski definition) is 1. The lowest BCUT2D eigenvalue weighted by Gasteiger charge is -2.26. The highest BCUT2D eigenvalue weighted by molar-refractivity contribution is 6.31. The first-order chi connectivity index (χ1) is 9.20. The first kappa shape index (κ1) is 14.4. The zero-order valence-corrected chi connectivity index (χ0v) is 12.3. The summed E-state index contributed by atoms with van der Waals surface area (Å²) in [6.45, 7) is 7.18. The Balaban J connectivity index is 1.89. The van der Waals surface area contributed by atoms with Crippen molar-refractivity contribution in [3.63, 3.8) is 0 Å². The van der Waals surface area contributed by atoms with E-state index >= 15 is 0 Å². The maximum atomic E-state index is 6.18. The second kappa shape index (κ2) is 6.98. The fourth-order valence-electron chi connectivity index (χ4n) is 2.06. The quantitative estimate of drug-likeness (QED) is 0.900. The molecule has 0 atom stereocenters. The second-order valence-corrected chi connectivity index (χ2v) is 5.04. The van der Waals surface area contributed by atoms with Gasteiger partial charge >= 0.3 is 0 Å². The van der Waals surface area contributed by atoms with Crippen LogP contribution < -0.4 is 10.1 Å². The molecular weight excluding hydrogens is 264 g/mol. The van der Waals surface area contributed by atoms with E-state index in [4.69, 9.17) is 21.1 Å². The van der Waals surface area contributed by atoms with Gasteiger partial charge in [0.2, 0.25) is 0 Å². The van der Waals surface area contributed by atoms with E-state index in [0.29, 0.717) is 6.61 Å². The summed E-state index contributed by atoms with van der Waals surface area (Å²) < 4.78 is 11.2. The SMILES string of the molecule is CNc1cc(Cl)c(C)c(OCCN2CCOCC2)c1. The van der Waals surface area contributed by atoms with E-state index in [1.807, 2.05) is 26.1 Å². The molecule has 0 aromatic heterocycles. The van der Waals surface area contributed by atoms with Gasteiger partial charge in [0.25, 0.3) is 0 Å². The summed E-state index contributed by atoms with van der Waals surface area (Å²) in [4.78, 5) is 2.35. The Morgan fingerprint density at radius 3 is 2.79 bits per heavy atom. The summed E-state index contributed by atoms with van der Waals surface area (Å²) in [5.74, 6) is 0.852. The Bertz CT molecular complexity index is 420. The zero-order chi connectivity index (χ0) is 13.7. The fraction of sp³-hybridized carbons (Fsp3) is 0.571. The van der Waals surface area contributed by atoms with Gasteiger partial charge in [-0.1, -0.05) is 11.6 Å². The number of ether oxygens (including phenoxy) is 2. The van der Waals surface area contributed by atoms with E-state index in [9.17, 15) is 0 Å². The molecular formula is C14H21ClN2O2. The van der Waals surface area contributed by atoms with Gasteiger partial charge in [-0.05, 0) is 13.0 Å². The number of hydrogen-bond acceptors (Lipinski definition) is 4. The lowest BCUT2D eigenvalue weighted by molar-refractivity contribution is 0.0322. The summed E-state index contributed by atoms with van der Waals surface area (Å²) in [5, 5.41) is 3.81. The molecule has 1 fully saturated rings. The van der Waals surface area contributed by atoms with E-state index in [1.165, 1.54) is 0 Å². The lowest BCUT2D eigenvalue weighted by atomic mass is 10.2. The molecule has 1 heterocycles. The number of nitrogens with zero attached hydrogens (tertiary/aromatic N) is 1. The molecule has 0 aliphatic carbocycles. The van der Waals surface area contributed by atoms with Crippen molar-refractivity contribution in [1.82, 2.24) is 4.90 Å². The summed E-state index contributed by atoms with van der Waals surface area (Å²) in [6, 6.07) is 3.90. The Morgan fingerprint density at radius 1 is 1.37 bits per heavy atom. The largest absolute Gasteiger partial charge is 0.492 e. The molecule has 0 radical (unpaired) electrons. The van der Waals surface area contributed by atoms with Crippen molar-refractivity contribution in [2.24, 2.45) is 0 Å². The van der Waals surface area contributed by atoms with Gasteiger partial charge in [-0.15, -0.1) is 0 Å². The molecule has 1 aromatic carbocycles. The minimum Gasteiger partial charge on any atom is -0.492 e. The van der Waals surface area contributed by atoms with Gasteiger partial charge in [0, 0.05) is 49.0 Å². The van der Waals surface area contributed by atoms with Crippen LogP contribution in [-0.4, -0.2) is 51.4 Å². The van der Waals surface area contributed by atoms with Crippen LogP contribution in [-0.2, 0) is 4.74 Å². The van der Waals surface area contributed by atoms with Gasteiger partial charge in [-0.25, -0.2) is 0 Å². The van der Waals surface area contributed by atoms with Crippen LogP contribution in [0.5, 0.6) is 5.75 Å². The third-order valence-electron chi connectivity index (χ3n) is 3.35. The molecule has 0 amide bonds. The maximum Gasteiger partial charge on any atom is 0.125 e. The Morgan fingerprint density at radius 2 is 2.11 bits per heavy atom. The van der Waals surface area contributed by atoms with Crippen LogP contribution in [0.25, 0.3) is 0 Å². The van der Waals surface area contributed by atoms with E-state index in [2.05, 4.69) is 10.2 Å². The van der Waals surface area contributed by atoms with Crippen molar-refractivity contribution >= 4 is 17.3 Å². The average molecular weight is 285 g/mol. The van der Waals surface area contributed by atoms with Crippen molar-refractivity contribution in [2.75, 3.05) is 51.8 Å². The molecule has 0 spiro atoms. The predicted molar refractivity (Wildman–Crippen MR) is 78.5 cm³/mol. The highest BCUT2D eigenvalue weighted by atomic mass is 35.5. The lowest BCUT2D eigenvalue weighted by Crippen LogP contribution is -2.38. The molecule has 1 aromatic rings. The number of halogens is 1. The number of nitrogens with one attached hydrogen (secondary N) is 1. The van der Waals surface area contributed by atoms with Crippen LogP contribution in [0, 0.1) is 6.92 Å². The third kappa shape index (κ3) is 4.00. The molecule has 1 aliphatic heterocycles. The molecule has 1 aliphatic rings. The highest BCUT2D eigenvalue weighted by Gasteiger charge is 2.11. The maximum absolute atomic E-state index is 6.18. The van der Waals surface area contributed by atoms with Crippen LogP contribution in [0.3, 0.4) is 0 Å². The number of benzene rings is 1. The predicted octanol–water partition coefficient (Wildman–Crippen LogP) is 2.40. The molecule has 5 heteroatoms.